The van der Waals surface area contributed by atoms with Crippen LogP contribution < -0.4 is 10.4 Å². The molecular weight excluding hydrogens is 394 g/mol. The first kappa shape index (κ1) is 16.7. The van der Waals surface area contributed by atoms with Crippen molar-refractivity contribution >= 4 is 36.9 Å². The standard InChI is InChI=1S/C16H14BrN3O3S/c1-10-3-6-13(7-4-10)24(22,23)19-20-11(2)18-15-8-5-12(17)9-14(15)16(20)21/h3-9,19H,1-2H3. The van der Waals surface area contributed by atoms with Crippen LogP contribution in [0.5, 0.6) is 0 Å². The summed E-state index contributed by atoms with van der Waals surface area (Å²) in [7, 11) is -3.89. The van der Waals surface area contributed by atoms with E-state index in [4.69, 9.17) is 0 Å². The quantitative estimate of drug-likeness (QED) is 0.723. The number of nitrogens with zero attached hydrogens (tertiary/aromatic N) is 2. The van der Waals surface area contributed by atoms with Crippen molar-refractivity contribution in [3.8, 4) is 0 Å². The zero-order valence-electron chi connectivity index (χ0n) is 12.9. The summed E-state index contributed by atoms with van der Waals surface area (Å²) in [5, 5.41) is 0.321. The molecule has 0 saturated carbocycles. The van der Waals surface area contributed by atoms with Gasteiger partial charge in [-0.3, -0.25) is 4.79 Å². The second kappa shape index (κ2) is 6.03. The topological polar surface area (TPSA) is 81.1 Å². The van der Waals surface area contributed by atoms with Gasteiger partial charge >= 0.3 is 0 Å². The first-order valence-corrected chi connectivity index (χ1v) is 9.34. The van der Waals surface area contributed by atoms with Gasteiger partial charge in [0.1, 0.15) is 5.82 Å². The van der Waals surface area contributed by atoms with Crippen LogP contribution in [0.4, 0.5) is 0 Å². The third-order valence-electron chi connectivity index (χ3n) is 3.54. The van der Waals surface area contributed by atoms with Crippen LogP contribution in [0.3, 0.4) is 0 Å². The van der Waals surface area contributed by atoms with E-state index in [2.05, 4.69) is 25.7 Å². The maximum absolute atomic E-state index is 12.6. The molecule has 0 saturated heterocycles. The first-order chi connectivity index (χ1) is 11.3. The largest absolute Gasteiger partial charge is 0.280 e. The average molecular weight is 408 g/mol. The molecule has 0 aliphatic heterocycles. The molecule has 1 heterocycles. The van der Waals surface area contributed by atoms with Crippen molar-refractivity contribution in [3.05, 3.63) is 68.7 Å². The third kappa shape index (κ3) is 3.07. The monoisotopic (exact) mass is 407 g/mol. The zero-order valence-corrected chi connectivity index (χ0v) is 15.3. The number of hydrogen-bond acceptors (Lipinski definition) is 4. The van der Waals surface area contributed by atoms with E-state index in [1.807, 2.05) is 6.92 Å². The number of aromatic nitrogens is 2. The highest BCUT2D eigenvalue weighted by atomic mass is 79.9. The van der Waals surface area contributed by atoms with Crippen LogP contribution in [0.2, 0.25) is 0 Å². The number of rotatable bonds is 3. The second-order valence-corrected chi connectivity index (χ2v) is 7.95. The molecule has 8 heteroatoms. The highest BCUT2D eigenvalue weighted by Crippen LogP contribution is 2.16. The Bertz CT molecular complexity index is 1090. The highest BCUT2D eigenvalue weighted by molar-refractivity contribution is 9.10. The van der Waals surface area contributed by atoms with E-state index < -0.39 is 15.6 Å². The Balaban J connectivity index is 2.13. The molecule has 0 amide bonds. The van der Waals surface area contributed by atoms with Gasteiger partial charge in [-0.15, -0.1) is 0 Å². The molecule has 2 aromatic carbocycles. The van der Waals surface area contributed by atoms with E-state index in [0.717, 1.165) is 10.2 Å². The molecule has 0 atom stereocenters. The van der Waals surface area contributed by atoms with Gasteiger partial charge in [0.05, 0.1) is 15.8 Å². The molecule has 0 aliphatic carbocycles. The molecule has 0 unspecified atom stereocenters. The molecule has 6 nitrogen and oxygen atoms in total. The summed E-state index contributed by atoms with van der Waals surface area (Å²) in [6.45, 7) is 3.43. The lowest BCUT2D eigenvalue weighted by Crippen LogP contribution is -2.35. The molecule has 0 radical (unpaired) electrons. The number of aryl methyl sites for hydroxylation is 2. The predicted octanol–water partition coefficient (Wildman–Crippen LogP) is 2.71. The fourth-order valence-corrected chi connectivity index (χ4v) is 3.68. The number of sulfonamides is 1. The van der Waals surface area contributed by atoms with Crippen LogP contribution >= 0.6 is 15.9 Å². The summed E-state index contributed by atoms with van der Waals surface area (Å²) in [5.74, 6) is 0.255. The van der Waals surface area contributed by atoms with Gasteiger partial charge < -0.3 is 0 Å². The molecule has 3 aromatic rings. The molecule has 0 fully saturated rings. The minimum atomic E-state index is -3.89. The molecule has 24 heavy (non-hydrogen) atoms. The minimum absolute atomic E-state index is 0.0775. The van der Waals surface area contributed by atoms with Crippen molar-refractivity contribution in [3.63, 3.8) is 0 Å². The Morgan fingerprint density at radius 1 is 1.08 bits per heavy atom. The fourth-order valence-electron chi connectivity index (χ4n) is 2.27. The molecule has 0 aliphatic rings. The van der Waals surface area contributed by atoms with Crippen molar-refractivity contribution in [1.29, 1.82) is 0 Å². The van der Waals surface area contributed by atoms with Crippen LogP contribution in [-0.2, 0) is 10.0 Å². The lowest BCUT2D eigenvalue weighted by molar-refractivity contribution is 0.593. The zero-order chi connectivity index (χ0) is 17.5. The summed E-state index contributed by atoms with van der Waals surface area (Å²) in [4.78, 5) is 19.3. The van der Waals surface area contributed by atoms with Crippen LogP contribution in [0.1, 0.15) is 11.4 Å². The van der Waals surface area contributed by atoms with E-state index in [1.54, 1.807) is 37.3 Å². The molecule has 1 aromatic heterocycles. The molecule has 124 valence electrons. The Labute approximate surface area is 147 Å². The van der Waals surface area contributed by atoms with Crippen LogP contribution in [0.15, 0.2) is 56.6 Å². The Kier molecular flexibility index (Phi) is 4.18. The highest BCUT2D eigenvalue weighted by Gasteiger charge is 2.17. The summed E-state index contributed by atoms with van der Waals surface area (Å²) in [6, 6.07) is 11.5. The van der Waals surface area contributed by atoms with Crippen LogP contribution in [0.25, 0.3) is 10.9 Å². The number of hydrogen-bond donors (Lipinski definition) is 1. The summed E-state index contributed by atoms with van der Waals surface area (Å²) >= 11 is 3.30. The lowest BCUT2D eigenvalue weighted by atomic mass is 10.2. The van der Waals surface area contributed by atoms with Crippen molar-refractivity contribution in [1.82, 2.24) is 9.66 Å². The Morgan fingerprint density at radius 2 is 1.75 bits per heavy atom. The normalized spacial score (nSPS) is 11.6. The summed E-state index contributed by atoms with van der Waals surface area (Å²) in [5.41, 5.74) is 0.973. The van der Waals surface area contributed by atoms with Gasteiger partial charge in [-0.2, -0.15) is 13.1 Å². The predicted molar refractivity (Wildman–Crippen MR) is 96.2 cm³/mol. The van der Waals surface area contributed by atoms with Gasteiger partial charge in [0.25, 0.3) is 15.6 Å². The number of benzene rings is 2. The number of fused-ring (bicyclic) bond motifs is 1. The second-order valence-electron chi connectivity index (χ2n) is 5.37. The smallest absolute Gasteiger partial charge is 0.267 e. The van der Waals surface area contributed by atoms with Gasteiger partial charge in [0.2, 0.25) is 0 Å². The van der Waals surface area contributed by atoms with Gasteiger partial charge in [0, 0.05) is 4.47 Å². The maximum Gasteiger partial charge on any atom is 0.280 e. The van der Waals surface area contributed by atoms with E-state index in [0.29, 0.717) is 15.4 Å². The van der Waals surface area contributed by atoms with Crippen molar-refractivity contribution in [2.75, 3.05) is 4.83 Å². The van der Waals surface area contributed by atoms with Crippen LogP contribution in [0, 0.1) is 13.8 Å². The summed E-state index contributed by atoms with van der Waals surface area (Å²) < 4.78 is 26.7. The van der Waals surface area contributed by atoms with Crippen molar-refractivity contribution in [2.45, 2.75) is 18.7 Å². The van der Waals surface area contributed by atoms with Crippen molar-refractivity contribution in [2.24, 2.45) is 0 Å². The van der Waals surface area contributed by atoms with E-state index in [-0.39, 0.29) is 10.7 Å². The van der Waals surface area contributed by atoms with Gasteiger partial charge in [-0.05, 0) is 44.2 Å². The molecule has 1 N–H and O–H groups in total. The van der Waals surface area contributed by atoms with Crippen molar-refractivity contribution < 1.29 is 8.42 Å². The minimum Gasteiger partial charge on any atom is -0.267 e. The molecule has 3 rings (SSSR count). The average Bonchev–Trinajstić information content (AvgIpc) is 2.53. The van der Waals surface area contributed by atoms with Gasteiger partial charge in [-0.1, -0.05) is 33.6 Å². The SMILES string of the molecule is Cc1ccc(S(=O)(=O)Nn2c(C)nc3ccc(Br)cc3c2=O)cc1. The summed E-state index contributed by atoms with van der Waals surface area (Å²) in [6.07, 6.45) is 0. The van der Waals surface area contributed by atoms with E-state index in [1.165, 1.54) is 12.1 Å². The lowest BCUT2D eigenvalue weighted by Gasteiger charge is -2.13. The van der Waals surface area contributed by atoms with E-state index >= 15 is 0 Å². The molecule has 0 bridgehead atoms. The molecule has 0 spiro atoms. The number of halogens is 1. The Morgan fingerprint density at radius 3 is 2.42 bits per heavy atom. The van der Waals surface area contributed by atoms with Gasteiger partial charge in [-0.25, -0.2) is 9.82 Å². The Hall–Kier alpha value is -2.19. The number of nitrogens with one attached hydrogen (secondary N) is 1. The van der Waals surface area contributed by atoms with E-state index in [9.17, 15) is 13.2 Å². The van der Waals surface area contributed by atoms with Gasteiger partial charge in [0.15, 0.2) is 0 Å². The third-order valence-corrected chi connectivity index (χ3v) is 5.35. The van der Waals surface area contributed by atoms with Crippen LogP contribution in [-0.4, -0.2) is 18.1 Å². The molecular formula is C16H14BrN3O3S. The fraction of sp³-hybridized carbons (Fsp3) is 0.125. The first-order valence-electron chi connectivity index (χ1n) is 7.06. The maximum atomic E-state index is 12.6.